The normalized spacial score (nSPS) is 41.7. The third-order valence-electron chi connectivity index (χ3n) is 6.04. The Bertz CT molecular complexity index is 1400. The SMILES string of the molecule is [N-]=[N+]=Nc1nc2c(N)[n+]3cnc2n1[C@@H]1O[C@H](COP(=O)(O)OP(=O)(O)OC[C@H]2O[C@@H]3[C@H](O)[C@@H]2O)[C@@H](O)[C@H]1O. The Morgan fingerprint density at radius 1 is 1.05 bits per heavy atom. The van der Waals surface area contributed by atoms with Crippen molar-refractivity contribution in [3.8, 4) is 0 Å². The van der Waals surface area contributed by atoms with Crippen molar-refractivity contribution in [2.75, 3.05) is 18.9 Å². The molecule has 0 aromatic carbocycles. The molecular formula is C15H21N8O13P2+. The number of aliphatic hydroxyl groups excluding tert-OH is 4. The molecule has 0 spiro atoms. The van der Waals surface area contributed by atoms with E-state index in [1.807, 2.05) is 0 Å². The highest BCUT2D eigenvalue weighted by Gasteiger charge is 2.50. The van der Waals surface area contributed by atoms with Crippen LogP contribution in [0.1, 0.15) is 12.5 Å². The molecule has 2 aromatic rings. The van der Waals surface area contributed by atoms with Crippen molar-refractivity contribution < 1.29 is 66.7 Å². The molecule has 0 radical (unpaired) electrons. The van der Waals surface area contributed by atoms with Crippen molar-refractivity contribution >= 4 is 38.6 Å². The fraction of sp³-hybridized carbons (Fsp3) is 0.667. The second-order valence-corrected chi connectivity index (χ2v) is 11.4. The summed E-state index contributed by atoms with van der Waals surface area (Å²) in [4.78, 5) is 30.7. The molecule has 10 atom stereocenters. The molecule has 208 valence electrons. The summed E-state index contributed by atoms with van der Waals surface area (Å²) >= 11 is 0. The number of nitrogen functional groups attached to an aromatic ring is 1. The second kappa shape index (κ2) is 9.70. The highest BCUT2D eigenvalue weighted by molar-refractivity contribution is 7.61. The molecule has 0 saturated carbocycles. The van der Waals surface area contributed by atoms with Gasteiger partial charge in [0.15, 0.2) is 11.7 Å². The molecular weight excluding hydrogens is 562 g/mol. The van der Waals surface area contributed by atoms with E-state index in [9.17, 15) is 39.3 Å². The molecule has 2 aromatic heterocycles. The van der Waals surface area contributed by atoms with Crippen LogP contribution in [0.15, 0.2) is 11.4 Å². The van der Waals surface area contributed by atoms with Crippen LogP contribution >= 0.6 is 15.6 Å². The first-order chi connectivity index (χ1) is 17.8. The van der Waals surface area contributed by atoms with Gasteiger partial charge in [-0.25, -0.2) is 18.7 Å². The van der Waals surface area contributed by atoms with Gasteiger partial charge in [0.2, 0.25) is 24.2 Å². The number of nitrogens with zero attached hydrogens (tertiary/aromatic N) is 7. The number of phosphoric ester groups is 2. The molecule has 2 saturated heterocycles. The summed E-state index contributed by atoms with van der Waals surface area (Å²) in [6.45, 7) is -1.83. The van der Waals surface area contributed by atoms with E-state index in [0.717, 1.165) is 15.5 Å². The molecule has 2 fully saturated rings. The molecule has 6 heterocycles. The van der Waals surface area contributed by atoms with Crippen LogP contribution in [0.3, 0.4) is 0 Å². The first kappa shape index (κ1) is 27.3. The third kappa shape index (κ3) is 4.68. The third-order valence-corrected chi connectivity index (χ3v) is 8.64. The van der Waals surface area contributed by atoms with Gasteiger partial charge in [-0.15, -0.1) is 0 Å². The first-order valence-electron chi connectivity index (χ1n) is 10.7. The number of hydrogen-bond acceptors (Lipinski definition) is 15. The number of imidazole rings is 1. The zero-order chi connectivity index (χ0) is 27.6. The lowest BCUT2D eigenvalue weighted by molar-refractivity contribution is -0.755. The van der Waals surface area contributed by atoms with E-state index in [0.29, 0.717) is 0 Å². The minimum Gasteiger partial charge on any atom is -0.387 e. The lowest BCUT2D eigenvalue weighted by Gasteiger charge is -2.20. The fourth-order valence-corrected chi connectivity index (χ4v) is 6.34. The van der Waals surface area contributed by atoms with Gasteiger partial charge in [0, 0.05) is 4.91 Å². The maximum Gasteiger partial charge on any atom is 0.481 e. The summed E-state index contributed by atoms with van der Waals surface area (Å²) < 4.78 is 51.1. The largest absolute Gasteiger partial charge is 0.481 e. The minimum absolute atomic E-state index is 0.106. The van der Waals surface area contributed by atoms with Crippen molar-refractivity contribution in [2.45, 2.75) is 49.1 Å². The molecule has 0 aliphatic carbocycles. The number of aliphatic hydroxyl groups is 4. The van der Waals surface area contributed by atoms with Crippen molar-refractivity contribution in [1.82, 2.24) is 14.5 Å². The number of fused-ring (bicyclic) bond motifs is 7. The molecule has 4 aliphatic heterocycles. The summed E-state index contributed by atoms with van der Waals surface area (Å²) in [5, 5.41) is 45.5. The molecule has 38 heavy (non-hydrogen) atoms. The molecule has 0 amide bonds. The molecule has 4 aliphatic rings. The Hall–Kier alpha value is -2.32. The Kier molecular flexibility index (Phi) is 6.96. The van der Waals surface area contributed by atoms with Gasteiger partial charge in [-0.1, -0.05) is 4.98 Å². The van der Waals surface area contributed by atoms with Crippen LogP contribution in [0.2, 0.25) is 0 Å². The van der Waals surface area contributed by atoms with E-state index in [2.05, 4.69) is 33.4 Å². The molecule has 8 bridgehead atoms. The number of anilines is 1. The van der Waals surface area contributed by atoms with Crippen molar-refractivity contribution in [3.63, 3.8) is 0 Å². The smallest absolute Gasteiger partial charge is 0.387 e. The molecule has 6 rings (SSSR count). The molecule has 8 N–H and O–H groups in total. The lowest BCUT2D eigenvalue weighted by atomic mass is 10.1. The number of rotatable bonds is 1. The van der Waals surface area contributed by atoms with E-state index in [1.165, 1.54) is 0 Å². The van der Waals surface area contributed by atoms with Gasteiger partial charge in [-0.2, -0.15) is 4.31 Å². The monoisotopic (exact) mass is 583 g/mol. The number of azide groups is 1. The molecule has 2 unspecified atom stereocenters. The maximum atomic E-state index is 12.3. The van der Waals surface area contributed by atoms with Gasteiger partial charge in [0.05, 0.1) is 13.2 Å². The van der Waals surface area contributed by atoms with Gasteiger partial charge in [-0.3, -0.25) is 13.6 Å². The molecule has 23 heteroatoms. The van der Waals surface area contributed by atoms with Gasteiger partial charge in [0.1, 0.15) is 36.6 Å². The molecule has 21 nitrogen and oxygen atoms in total. The van der Waals surface area contributed by atoms with Gasteiger partial charge < -0.3 is 45.4 Å². The number of hydrogen-bond donors (Lipinski definition) is 7. The average Bonchev–Trinajstić information content (AvgIpc) is 3.44. The first-order valence-corrected chi connectivity index (χ1v) is 13.6. The minimum atomic E-state index is -5.33. The van der Waals surface area contributed by atoms with Crippen LogP contribution in [-0.2, 0) is 32.0 Å². The van der Waals surface area contributed by atoms with Crippen LogP contribution in [0.5, 0.6) is 0 Å². The van der Waals surface area contributed by atoms with Crippen LogP contribution < -0.4 is 10.3 Å². The van der Waals surface area contributed by atoms with E-state index in [-0.39, 0.29) is 17.0 Å². The summed E-state index contributed by atoms with van der Waals surface area (Å²) in [5.41, 5.74) is 15.0. The highest BCUT2D eigenvalue weighted by atomic mass is 31.3. The van der Waals surface area contributed by atoms with Crippen molar-refractivity contribution in [2.24, 2.45) is 5.11 Å². The summed E-state index contributed by atoms with van der Waals surface area (Å²) in [6, 6.07) is 0. The summed E-state index contributed by atoms with van der Waals surface area (Å²) in [5.74, 6) is -0.626. The van der Waals surface area contributed by atoms with Crippen LogP contribution in [0.25, 0.3) is 21.6 Å². The quantitative estimate of drug-likeness (QED) is 0.0612. The Balaban J connectivity index is 1.64. The number of nitrogens with two attached hydrogens (primary N) is 1. The second-order valence-electron chi connectivity index (χ2n) is 8.38. The zero-order valence-corrected chi connectivity index (χ0v) is 20.5. The maximum absolute atomic E-state index is 12.3. The van der Waals surface area contributed by atoms with E-state index < -0.39 is 83.9 Å². The number of phosphoric acid groups is 2. The van der Waals surface area contributed by atoms with Gasteiger partial charge in [0.25, 0.3) is 5.82 Å². The fourth-order valence-electron chi connectivity index (χ4n) is 4.25. The lowest BCUT2D eigenvalue weighted by Crippen LogP contribution is -2.48. The predicted molar refractivity (Wildman–Crippen MR) is 115 cm³/mol. The average molecular weight is 583 g/mol. The van der Waals surface area contributed by atoms with E-state index in [1.54, 1.807) is 0 Å². The Labute approximate surface area is 210 Å². The van der Waals surface area contributed by atoms with Gasteiger partial charge in [-0.05, 0) is 10.6 Å². The van der Waals surface area contributed by atoms with E-state index >= 15 is 0 Å². The topological polar surface area (TPSA) is 311 Å². The van der Waals surface area contributed by atoms with Crippen molar-refractivity contribution in [1.29, 1.82) is 0 Å². The summed E-state index contributed by atoms with van der Waals surface area (Å²) in [6.07, 6.45) is -11.7. The number of aromatic nitrogens is 4. The summed E-state index contributed by atoms with van der Waals surface area (Å²) in [7, 11) is -10.6. The Morgan fingerprint density at radius 3 is 2.29 bits per heavy atom. The van der Waals surface area contributed by atoms with Crippen LogP contribution in [-0.4, -0.2) is 94.6 Å². The zero-order valence-electron chi connectivity index (χ0n) is 18.8. The van der Waals surface area contributed by atoms with Crippen LogP contribution in [0, 0.1) is 0 Å². The van der Waals surface area contributed by atoms with Crippen LogP contribution in [0.4, 0.5) is 11.8 Å². The number of ether oxygens (including phenoxy) is 2. The Morgan fingerprint density at radius 2 is 1.66 bits per heavy atom. The highest BCUT2D eigenvalue weighted by Crippen LogP contribution is 2.60. The van der Waals surface area contributed by atoms with Gasteiger partial charge >= 0.3 is 15.6 Å². The van der Waals surface area contributed by atoms with E-state index in [4.69, 9.17) is 20.7 Å². The standard InChI is InChI=1S/C15H20N8O13P2/c16-11-6-12-18-3-22(11)13-9(26)7(24)4(34-13)1-32-37(28,29)36-38(30,31)33-2-5-8(25)10(27)14(35-5)23(12)15(19-6)20-21-17/h3-5,7-10,13-14,16,24-27H,1-2H2,(H2,28,29,30,31)/p+1/t4-,5-,7-,8-,9-,10-,13-,14-/m1/s1. The van der Waals surface area contributed by atoms with Crippen molar-refractivity contribution in [3.05, 3.63) is 16.8 Å². The predicted octanol–water partition coefficient (Wildman–Crippen LogP) is -2.25.